The maximum absolute atomic E-state index is 13.2. The Morgan fingerprint density at radius 2 is 1.71 bits per heavy atom. The molecule has 0 aliphatic carbocycles. The zero-order chi connectivity index (χ0) is 20.4. The molecular formula is C20H18O8. The van der Waals surface area contributed by atoms with Crippen LogP contribution in [0.4, 0.5) is 0 Å². The number of hydrogen-bond donors (Lipinski definition) is 1. The molecule has 0 bridgehead atoms. The number of carbonyl (C=O) groups excluding carboxylic acids is 1. The molecule has 0 aliphatic rings. The van der Waals surface area contributed by atoms with Crippen molar-refractivity contribution in [2.24, 2.45) is 0 Å². The van der Waals surface area contributed by atoms with Crippen LogP contribution in [-0.2, 0) is 4.79 Å². The zero-order valence-corrected chi connectivity index (χ0v) is 15.7. The summed E-state index contributed by atoms with van der Waals surface area (Å²) in [7, 11) is 4.15. The Balaban J connectivity index is 2.32. The third kappa shape index (κ3) is 3.20. The number of ether oxygens (including phenoxy) is 4. The van der Waals surface area contributed by atoms with Gasteiger partial charge in [-0.2, -0.15) is 0 Å². The molecular weight excluding hydrogens is 368 g/mol. The molecule has 0 spiro atoms. The van der Waals surface area contributed by atoms with E-state index in [9.17, 15) is 14.7 Å². The van der Waals surface area contributed by atoms with E-state index < -0.39 is 11.4 Å². The molecule has 1 heterocycles. The summed E-state index contributed by atoms with van der Waals surface area (Å²) in [5.41, 5.74) is 0.360. The van der Waals surface area contributed by atoms with Gasteiger partial charge in [-0.05, 0) is 17.7 Å². The van der Waals surface area contributed by atoms with E-state index in [0.717, 1.165) is 0 Å². The lowest BCUT2D eigenvalue weighted by molar-refractivity contribution is -0.132. The first-order valence-electron chi connectivity index (χ1n) is 8.17. The summed E-state index contributed by atoms with van der Waals surface area (Å²) in [5, 5.41) is 10.1. The monoisotopic (exact) mass is 386 g/mol. The van der Waals surface area contributed by atoms with Crippen molar-refractivity contribution in [2.75, 3.05) is 21.3 Å². The number of hydrogen-bond acceptors (Lipinski definition) is 8. The van der Waals surface area contributed by atoms with Crippen LogP contribution in [-0.4, -0.2) is 32.4 Å². The molecule has 146 valence electrons. The number of esters is 1. The summed E-state index contributed by atoms with van der Waals surface area (Å²) < 4.78 is 26.4. The minimum absolute atomic E-state index is 0.0119. The van der Waals surface area contributed by atoms with E-state index in [-0.39, 0.29) is 45.3 Å². The Morgan fingerprint density at radius 1 is 1.00 bits per heavy atom. The Bertz CT molecular complexity index is 1110. The van der Waals surface area contributed by atoms with Crippen LogP contribution in [0.15, 0.2) is 39.7 Å². The van der Waals surface area contributed by atoms with Crippen LogP contribution < -0.4 is 24.4 Å². The van der Waals surface area contributed by atoms with Gasteiger partial charge in [0.1, 0.15) is 17.2 Å². The Hall–Kier alpha value is -3.68. The molecule has 8 nitrogen and oxygen atoms in total. The molecule has 0 radical (unpaired) electrons. The minimum atomic E-state index is -0.600. The summed E-state index contributed by atoms with van der Waals surface area (Å²) in [6.45, 7) is 1.22. The van der Waals surface area contributed by atoms with Crippen molar-refractivity contribution in [3.8, 4) is 39.9 Å². The highest BCUT2D eigenvalue weighted by atomic mass is 16.6. The first kappa shape index (κ1) is 19.1. The first-order valence-corrected chi connectivity index (χ1v) is 8.17. The molecule has 0 fully saturated rings. The molecule has 0 saturated carbocycles. The molecule has 0 saturated heterocycles. The molecule has 8 heteroatoms. The normalized spacial score (nSPS) is 10.6. The number of fused-ring (bicyclic) bond motifs is 1. The highest BCUT2D eigenvalue weighted by Crippen LogP contribution is 2.43. The lowest BCUT2D eigenvalue weighted by Gasteiger charge is -2.14. The van der Waals surface area contributed by atoms with Crippen LogP contribution >= 0.6 is 0 Å². The SMILES string of the molecule is COc1ccc(-c2coc3cc(OC)c(OC(C)=O)c(OC)c3c2=O)cc1O. The van der Waals surface area contributed by atoms with E-state index in [4.69, 9.17) is 23.4 Å². The molecule has 1 aromatic heterocycles. The van der Waals surface area contributed by atoms with E-state index in [0.29, 0.717) is 5.56 Å². The van der Waals surface area contributed by atoms with Crippen molar-refractivity contribution >= 4 is 16.9 Å². The van der Waals surface area contributed by atoms with Gasteiger partial charge in [-0.15, -0.1) is 0 Å². The largest absolute Gasteiger partial charge is 0.504 e. The van der Waals surface area contributed by atoms with Crippen LogP contribution in [0.25, 0.3) is 22.1 Å². The molecule has 3 rings (SSSR count). The van der Waals surface area contributed by atoms with Gasteiger partial charge in [0.05, 0.1) is 26.9 Å². The van der Waals surface area contributed by atoms with Gasteiger partial charge in [0.25, 0.3) is 0 Å². The average Bonchev–Trinajstić information content (AvgIpc) is 2.67. The van der Waals surface area contributed by atoms with Gasteiger partial charge in [-0.1, -0.05) is 6.07 Å². The van der Waals surface area contributed by atoms with Crippen molar-refractivity contribution in [3.63, 3.8) is 0 Å². The number of carbonyl (C=O) groups is 1. The average molecular weight is 386 g/mol. The van der Waals surface area contributed by atoms with Gasteiger partial charge in [0, 0.05) is 13.0 Å². The van der Waals surface area contributed by atoms with Crippen molar-refractivity contribution in [1.29, 1.82) is 0 Å². The van der Waals surface area contributed by atoms with Crippen molar-refractivity contribution in [2.45, 2.75) is 6.92 Å². The summed E-state index contributed by atoms with van der Waals surface area (Å²) in [4.78, 5) is 24.7. The molecule has 1 N–H and O–H groups in total. The van der Waals surface area contributed by atoms with Gasteiger partial charge in [0.15, 0.2) is 23.0 Å². The Morgan fingerprint density at radius 3 is 2.29 bits per heavy atom. The van der Waals surface area contributed by atoms with E-state index in [2.05, 4.69) is 0 Å². The van der Waals surface area contributed by atoms with E-state index in [1.165, 1.54) is 52.7 Å². The smallest absolute Gasteiger partial charge is 0.308 e. The second kappa shape index (κ2) is 7.51. The standard InChI is InChI=1S/C20H18O8/c1-10(21)28-19-16(25-3)8-15-17(20(19)26-4)18(23)12(9-27-15)11-5-6-14(24-2)13(22)7-11/h5-9,22H,1-4H3. The lowest BCUT2D eigenvalue weighted by atomic mass is 10.0. The van der Waals surface area contributed by atoms with Crippen LogP contribution in [0.1, 0.15) is 6.92 Å². The number of phenols is 1. The quantitative estimate of drug-likeness (QED) is 0.527. The fraction of sp³-hybridized carbons (Fsp3) is 0.200. The highest BCUT2D eigenvalue weighted by Gasteiger charge is 2.23. The van der Waals surface area contributed by atoms with Crippen molar-refractivity contribution in [3.05, 3.63) is 40.8 Å². The van der Waals surface area contributed by atoms with E-state index in [1.807, 2.05) is 0 Å². The molecule has 2 aromatic carbocycles. The van der Waals surface area contributed by atoms with Crippen molar-refractivity contribution < 1.29 is 33.3 Å². The second-order valence-corrected chi connectivity index (χ2v) is 5.77. The Labute approximate surface area is 159 Å². The predicted octanol–water partition coefficient (Wildman–Crippen LogP) is 3.12. The summed E-state index contributed by atoms with van der Waals surface area (Å²) >= 11 is 0. The van der Waals surface area contributed by atoms with Gasteiger partial charge in [-0.3, -0.25) is 9.59 Å². The topological polar surface area (TPSA) is 104 Å². The van der Waals surface area contributed by atoms with Crippen LogP contribution in [0.2, 0.25) is 0 Å². The Kier molecular flexibility index (Phi) is 5.12. The van der Waals surface area contributed by atoms with Crippen LogP contribution in [0, 0.1) is 0 Å². The number of benzene rings is 2. The second-order valence-electron chi connectivity index (χ2n) is 5.77. The third-order valence-electron chi connectivity index (χ3n) is 4.10. The number of phenolic OH excluding ortho intramolecular Hbond substituents is 1. The fourth-order valence-corrected chi connectivity index (χ4v) is 2.86. The predicted molar refractivity (Wildman–Crippen MR) is 101 cm³/mol. The first-order chi connectivity index (χ1) is 13.4. The zero-order valence-electron chi connectivity index (χ0n) is 15.7. The van der Waals surface area contributed by atoms with Gasteiger partial charge in [0.2, 0.25) is 11.2 Å². The van der Waals surface area contributed by atoms with Gasteiger partial charge >= 0.3 is 5.97 Å². The molecule has 0 unspecified atom stereocenters. The van der Waals surface area contributed by atoms with Crippen LogP contribution in [0.3, 0.4) is 0 Å². The lowest BCUT2D eigenvalue weighted by Crippen LogP contribution is -2.10. The minimum Gasteiger partial charge on any atom is -0.504 e. The number of methoxy groups -OCH3 is 3. The molecule has 0 atom stereocenters. The third-order valence-corrected chi connectivity index (χ3v) is 4.10. The molecule has 0 aliphatic heterocycles. The summed E-state index contributed by atoms with van der Waals surface area (Å²) in [5.74, 6) is -0.283. The number of rotatable bonds is 5. The number of aromatic hydroxyl groups is 1. The fourth-order valence-electron chi connectivity index (χ4n) is 2.86. The van der Waals surface area contributed by atoms with Crippen molar-refractivity contribution in [1.82, 2.24) is 0 Å². The molecule has 3 aromatic rings. The van der Waals surface area contributed by atoms with E-state index >= 15 is 0 Å². The van der Waals surface area contributed by atoms with E-state index in [1.54, 1.807) is 6.07 Å². The van der Waals surface area contributed by atoms with Gasteiger partial charge < -0.3 is 28.5 Å². The molecule has 28 heavy (non-hydrogen) atoms. The maximum atomic E-state index is 13.2. The summed E-state index contributed by atoms with van der Waals surface area (Å²) in [6, 6.07) is 5.97. The van der Waals surface area contributed by atoms with Gasteiger partial charge in [-0.25, -0.2) is 0 Å². The maximum Gasteiger partial charge on any atom is 0.308 e. The highest BCUT2D eigenvalue weighted by molar-refractivity contribution is 5.92. The molecule has 0 amide bonds. The summed E-state index contributed by atoms with van der Waals surface area (Å²) in [6.07, 6.45) is 1.27. The van der Waals surface area contributed by atoms with Crippen LogP contribution in [0.5, 0.6) is 28.7 Å².